The minimum Gasteiger partial charge on any atom is -0.389 e. The van der Waals surface area contributed by atoms with E-state index in [1.807, 2.05) is 13.8 Å². The molecule has 1 nitrogen and oxygen atoms in total. The maximum atomic E-state index is 9.74. The Kier molecular flexibility index (Phi) is 5.97. The maximum absolute atomic E-state index is 9.74. The van der Waals surface area contributed by atoms with Gasteiger partial charge < -0.3 is 5.11 Å². The second-order valence-electron chi connectivity index (χ2n) is 6.69. The second kappa shape index (κ2) is 6.07. The molecule has 0 aromatic rings. The van der Waals surface area contributed by atoms with Crippen LogP contribution < -0.4 is 0 Å². The van der Waals surface area contributed by atoms with Gasteiger partial charge in [0.25, 0.3) is 0 Å². The van der Waals surface area contributed by atoms with Crippen LogP contribution in [0.2, 0.25) is 16.6 Å². The summed E-state index contributed by atoms with van der Waals surface area (Å²) in [5, 5.41) is 9.74. The molecule has 0 unspecified atom stereocenters. The Morgan fingerprint density at radius 2 is 1.29 bits per heavy atom. The van der Waals surface area contributed by atoms with Crippen LogP contribution in [-0.4, -0.2) is 18.8 Å². The third-order valence-corrected chi connectivity index (χ3v) is 10.0. The minimum absolute atomic E-state index is 0.577. The Morgan fingerprint density at radius 1 is 0.941 bits per heavy atom. The zero-order chi connectivity index (χ0) is 13.9. The molecule has 0 aromatic heterocycles. The van der Waals surface area contributed by atoms with E-state index in [2.05, 4.69) is 53.0 Å². The summed E-state index contributed by atoms with van der Waals surface area (Å²) < 4.78 is 0. The summed E-state index contributed by atoms with van der Waals surface area (Å²) in [6.45, 7) is 17.5. The molecule has 0 atom stereocenters. The number of rotatable bonds is 4. The van der Waals surface area contributed by atoms with Crippen molar-refractivity contribution in [1.29, 1.82) is 0 Å². The van der Waals surface area contributed by atoms with E-state index in [-0.39, 0.29) is 0 Å². The molecular weight excluding hydrogens is 224 g/mol. The first kappa shape index (κ1) is 16.7. The van der Waals surface area contributed by atoms with E-state index in [9.17, 15) is 5.11 Å². The highest BCUT2D eigenvalue weighted by Crippen LogP contribution is 2.40. The molecule has 0 aliphatic carbocycles. The molecule has 0 saturated carbocycles. The van der Waals surface area contributed by atoms with Crippen LogP contribution in [0.1, 0.15) is 61.8 Å². The van der Waals surface area contributed by atoms with Crippen LogP contribution in [-0.2, 0) is 0 Å². The first-order valence-corrected chi connectivity index (χ1v) is 8.99. The molecule has 0 rings (SSSR count). The summed E-state index contributed by atoms with van der Waals surface area (Å²) in [5.41, 5.74) is 4.94. The van der Waals surface area contributed by atoms with E-state index in [0.29, 0.717) is 23.0 Å². The second-order valence-corrected chi connectivity index (χ2v) is 12.3. The lowest BCUT2D eigenvalue weighted by atomic mass is 10.1. The summed E-state index contributed by atoms with van der Waals surface area (Å²) in [7, 11) is -1.60. The molecule has 1 N–H and O–H groups in total. The molecule has 0 spiro atoms. The fraction of sp³-hybridized carbons (Fsp3) is 0.867. The smallest absolute Gasteiger partial charge is 0.145 e. The molecule has 0 aliphatic heterocycles. The topological polar surface area (TPSA) is 20.2 Å². The minimum atomic E-state index is -1.60. The van der Waals surface area contributed by atoms with Crippen molar-refractivity contribution >= 4 is 8.07 Å². The normalized spacial score (nSPS) is 13.2. The van der Waals surface area contributed by atoms with Gasteiger partial charge in [-0.15, -0.1) is 11.5 Å². The van der Waals surface area contributed by atoms with Gasteiger partial charge in [-0.05, 0) is 30.5 Å². The molecule has 17 heavy (non-hydrogen) atoms. The van der Waals surface area contributed by atoms with E-state index in [4.69, 9.17) is 0 Å². The largest absolute Gasteiger partial charge is 0.389 e. The number of hydrogen-bond donors (Lipinski definition) is 1. The Morgan fingerprint density at radius 3 is 1.53 bits per heavy atom. The van der Waals surface area contributed by atoms with E-state index in [1.54, 1.807) is 0 Å². The molecule has 0 heterocycles. The van der Waals surface area contributed by atoms with Gasteiger partial charge in [0.15, 0.2) is 0 Å². The Balaban J connectivity index is 5.20. The van der Waals surface area contributed by atoms with E-state index < -0.39 is 13.7 Å². The molecule has 0 saturated heterocycles. The first-order valence-electron chi connectivity index (χ1n) is 6.76. The molecule has 0 aliphatic rings. The molecule has 2 heteroatoms. The zero-order valence-corrected chi connectivity index (χ0v) is 13.9. The van der Waals surface area contributed by atoms with Gasteiger partial charge in [0.2, 0.25) is 0 Å². The van der Waals surface area contributed by atoms with Gasteiger partial charge in [-0.3, -0.25) is 0 Å². The monoisotopic (exact) mass is 254 g/mol. The van der Waals surface area contributed by atoms with E-state index in [1.165, 1.54) is 0 Å². The van der Waals surface area contributed by atoms with Crippen LogP contribution in [0.5, 0.6) is 0 Å². The molecule has 0 amide bonds. The highest BCUT2D eigenvalue weighted by molar-refractivity contribution is 6.90. The predicted octanol–water partition coefficient (Wildman–Crippen LogP) is 4.37. The average Bonchev–Trinajstić information content (AvgIpc) is 2.08. The Labute approximate surface area is 109 Å². The summed E-state index contributed by atoms with van der Waals surface area (Å²) in [6, 6.07) is 0. The molecular formula is C15H30OSi. The van der Waals surface area contributed by atoms with Crippen LogP contribution in [0.15, 0.2) is 0 Å². The van der Waals surface area contributed by atoms with Gasteiger partial charge >= 0.3 is 0 Å². The highest BCUT2D eigenvalue weighted by Gasteiger charge is 2.41. The molecule has 0 aromatic carbocycles. The van der Waals surface area contributed by atoms with Crippen molar-refractivity contribution < 1.29 is 5.11 Å². The van der Waals surface area contributed by atoms with Crippen LogP contribution in [0.25, 0.3) is 0 Å². The van der Waals surface area contributed by atoms with Gasteiger partial charge in [-0.2, -0.15) is 0 Å². The van der Waals surface area contributed by atoms with Crippen LogP contribution in [0.4, 0.5) is 0 Å². The van der Waals surface area contributed by atoms with Gasteiger partial charge in [0.1, 0.15) is 8.07 Å². The van der Waals surface area contributed by atoms with Crippen molar-refractivity contribution in [3.63, 3.8) is 0 Å². The first-order chi connectivity index (χ1) is 7.54. The molecule has 0 fully saturated rings. The SMILES string of the molecule is CC(C)[Si](C#CCC(C)(C)O)(C(C)C)C(C)C. The molecule has 0 radical (unpaired) electrons. The fourth-order valence-electron chi connectivity index (χ4n) is 2.85. The van der Waals surface area contributed by atoms with Crippen LogP contribution in [0, 0.1) is 11.5 Å². The van der Waals surface area contributed by atoms with Gasteiger partial charge in [-0.1, -0.05) is 41.5 Å². The summed E-state index contributed by atoms with van der Waals surface area (Å²) in [6.07, 6.45) is 0.577. The number of hydrogen-bond acceptors (Lipinski definition) is 1. The predicted molar refractivity (Wildman–Crippen MR) is 79.7 cm³/mol. The van der Waals surface area contributed by atoms with E-state index in [0.717, 1.165) is 0 Å². The quantitative estimate of drug-likeness (QED) is 0.583. The van der Waals surface area contributed by atoms with Crippen molar-refractivity contribution in [3.05, 3.63) is 0 Å². The Hall–Kier alpha value is -0.263. The highest BCUT2D eigenvalue weighted by atomic mass is 28.3. The van der Waals surface area contributed by atoms with Crippen LogP contribution >= 0.6 is 0 Å². The van der Waals surface area contributed by atoms with Crippen LogP contribution in [0.3, 0.4) is 0 Å². The summed E-state index contributed by atoms with van der Waals surface area (Å²) in [5.74, 6) is 3.27. The van der Waals surface area contributed by atoms with Gasteiger partial charge in [0.05, 0.1) is 5.60 Å². The number of aliphatic hydroxyl groups is 1. The van der Waals surface area contributed by atoms with Crippen molar-refractivity contribution in [2.24, 2.45) is 0 Å². The van der Waals surface area contributed by atoms with Crippen molar-refractivity contribution in [2.75, 3.05) is 0 Å². The summed E-state index contributed by atoms with van der Waals surface area (Å²) >= 11 is 0. The lowest BCUT2D eigenvalue weighted by molar-refractivity contribution is 0.0862. The Bertz CT molecular complexity index is 264. The molecule has 0 bridgehead atoms. The van der Waals surface area contributed by atoms with Crippen molar-refractivity contribution in [3.8, 4) is 11.5 Å². The van der Waals surface area contributed by atoms with Gasteiger partial charge in [0, 0.05) is 6.42 Å². The lowest BCUT2D eigenvalue weighted by Gasteiger charge is -2.38. The van der Waals surface area contributed by atoms with E-state index >= 15 is 0 Å². The third-order valence-electron chi connectivity index (χ3n) is 3.69. The fourth-order valence-corrected chi connectivity index (χ4v) is 8.11. The standard InChI is InChI=1S/C15H30OSi/c1-12(2)17(13(3)4,14(5)6)11-9-10-15(7,8)16/h12-14,16H,10H2,1-8H3. The molecule has 100 valence electrons. The van der Waals surface area contributed by atoms with Gasteiger partial charge in [-0.25, -0.2) is 0 Å². The zero-order valence-electron chi connectivity index (χ0n) is 12.9. The maximum Gasteiger partial charge on any atom is 0.145 e. The third kappa shape index (κ3) is 4.48. The van der Waals surface area contributed by atoms with Crippen molar-refractivity contribution in [1.82, 2.24) is 0 Å². The van der Waals surface area contributed by atoms with Crippen molar-refractivity contribution in [2.45, 2.75) is 84.0 Å². The lowest BCUT2D eigenvalue weighted by Crippen LogP contribution is -2.43. The average molecular weight is 254 g/mol. The summed E-state index contributed by atoms with van der Waals surface area (Å²) in [4.78, 5) is 0.